The summed E-state index contributed by atoms with van der Waals surface area (Å²) in [5.41, 5.74) is 7.28. The Bertz CT molecular complexity index is 621. The van der Waals surface area contributed by atoms with Crippen molar-refractivity contribution in [1.29, 1.82) is 0 Å². The maximum absolute atomic E-state index is 13.4. The predicted molar refractivity (Wildman–Crippen MR) is 69.9 cm³/mol. The highest BCUT2D eigenvalue weighted by atomic mass is 19.1. The van der Waals surface area contributed by atoms with Crippen molar-refractivity contribution >= 4 is 11.7 Å². The summed E-state index contributed by atoms with van der Waals surface area (Å²) in [5.74, 6) is -0.244. The number of hydrogen-bond acceptors (Lipinski definition) is 3. The van der Waals surface area contributed by atoms with Crippen molar-refractivity contribution < 1.29 is 9.18 Å². The second kappa shape index (κ2) is 5.09. The molecular formula is C13H15FN4O. The van der Waals surface area contributed by atoms with Gasteiger partial charge in [0.1, 0.15) is 11.6 Å². The molecule has 0 atom stereocenters. The van der Waals surface area contributed by atoms with Crippen LogP contribution in [0.3, 0.4) is 0 Å². The van der Waals surface area contributed by atoms with E-state index in [1.165, 1.54) is 10.7 Å². The number of nitrogens with one attached hydrogen (secondary N) is 1. The number of amides is 1. The van der Waals surface area contributed by atoms with Crippen LogP contribution in [0.15, 0.2) is 24.4 Å². The molecule has 5 nitrogen and oxygen atoms in total. The number of carbonyl (C=O) groups is 1. The van der Waals surface area contributed by atoms with Gasteiger partial charge in [0.15, 0.2) is 0 Å². The molecule has 100 valence electrons. The molecule has 0 unspecified atom stereocenters. The Hall–Kier alpha value is -2.37. The molecule has 2 aromatic rings. The molecule has 1 heterocycles. The number of anilines is 1. The van der Waals surface area contributed by atoms with Crippen LogP contribution in [0.2, 0.25) is 0 Å². The molecule has 0 fully saturated rings. The number of hydrogen-bond donors (Lipinski definition) is 2. The molecule has 0 saturated heterocycles. The lowest BCUT2D eigenvalue weighted by molar-refractivity contribution is 0.0950. The van der Waals surface area contributed by atoms with Gasteiger partial charge in [0.05, 0.1) is 6.20 Å². The van der Waals surface area contributed by atoms with E-state index in [0.717, 1.165) is 5.56 Å². The third-order valence-electron chi connectivity index (χ3n) is 2.94. The number of nitrogens with zero attached hydrogens (tertiary/aromatic N) is 2. The number of rotatable bonds is 3. The van der Waals surface area contributed by atoms with E-state index < -0.39 is 5.82 Å². The van der Waals surface area contributed by atoms with Crippen LogP contribution in [0.5, 0.6) is 0 Å². The summed E-state index contributed by atoms with van der Waals surface area (Å²) in [4.78, 5) is 11.9. The topological polar surface area (TPSA) is 72.9 Å². The van der Waals surface area contributed by atoms with Crippen molar-refractivity contribution in [2.75, 3.05) is 5.73 Å². The summed E-state index contributed by atoms with van der Waals surface area (Å²) < 4.78 is 14.9. The fourth-order valence-corrected chi connectivity index (χ4v) is 1.64. The Morgan fingerprint density at radius 2 is 2.26 bits per heavy atom. The van der Waals surface area contributed by atoms with Crippen LogP contribution in [0, 0.1) is 12.7 Å². The van der Waals surface area contributed by atoms with Crippen molar-refractivity contribution in [1.82, 2.24) is 15.1 Å². The van der Waals surface area contributed by atoms with E-state index in [-0.39, 0.29) is 18.0 Å². The van der Waals surface area contributed by atoms with E-state index in [4.69, 9.17) is 5.73 Å². The van der Waals surface area contributed by atoms with Gasteiger partial charge in [0, 0.05) is 24.7 Å². The van der Waals surface area contributed by atoms with Crippen LogP contribution in [-0.4, -0.2) is 15.7 Å². The third kappa shape index (κ3) is 2.73. The highest BCUT2D eigenvalue weighted by Crippen LogP contribution is 2.11. The Morgan fingerprint density at radius 1 is 1.53 bits per heavy atom. The molecule has 0 saturated carbocycles. The monoisotopic (exact) mass is 262 g/mol. The number of benzene rings is 1. The Balaban J connectivity index is 2.05. The van der Waals surface area contributed by atoms with Crippen molar-refractivity contribution in [2.24, 2.45) is 7.05 Å². The molecule has 0 aliphatic heterocycles. The van der Waals surface area contributed by atoms with Gasteiger partial charge in [-0.05, 0) is 24.6 Å². The van der Waals surface area contributed by atoms with Crippen molar-refractivity contribution in [3.05, 3.63) is 46.9 Å². The first-order chi connectivity index (χ1) is 8.99. The fourth-order valence-electron chi connectivity index (χ4n) is 1.64. The van der Waals surface area contributed by atoms with Gasteiger partial charge in [0.25, 0.3) is 5.91 Å². The maximum Gasteiger partial charge on any atom is 0.251 e. The first-order valence-electron chi connectivity index (χ1n) is 5.79. The van der Waals surface area contributed by atoms with E-state index in [0.29, 0.717) is 11.4 Å². The average molecular weight is 262 g/mol. The van der Waals surface area contributed by atoms with Crippen molar-refractivity contribution in [2.45, 2.75) is 13.5 Å². The number of aryl methyl sites for hydroxylation is 2. The summed E-state index contributed by atoms with van der Waals surface area (Å²) in [6, 6.07) is 4.38. The third-order valence-corrected chi connectivity index (χ3v) is 2.94. The summed E-state index contributed by atoms with van der Waals surface area (Å²) in [7, 11) is 1.72. The molecular weight excluding hydrogens is 247 g/mol. The predicted octanol–water partition coefficient (Wildman–Crippen LogP) is 1.38. The van der Waals surface area contributed by atoms with Crippen molar-refractivity contribution in [3.63, 3.8) is 0 Å². The van der Waals surface area contributed by atoms with E-state index in [2.05, 4.69) is 10.4 Å². The van der Waals surface area contributed by atoms with Gasteiger partial charge < -0.3 is 11.1 Å². The zero-order valence-corrected chi connectivity index (χ0v) is 10.8. The summed E-state index contributed by atoms with van der Waals surface area (Å²) in [5, 5.41) is 6.65. The van der Waals surface area contributed by atoms with Gasteiger partial charge in [-0.3, -0.25) is 9.48 Å². The van der Waals surface area contributed by atoms with E-state index in [9.17, 15) is 9.18 Å². The Kier molecular flexibility index (Phi) is 3.50. The molecule has 0 aliphatic rings. The summed E-state index contributed by atoms with van der Waals surface area (Å²) in [6.45, 7) is 1.90. The standard InChI is InChI=1S/C13H15FN4O/c1-8-3-4-9(5-11(8)14)13(19)16-6-10-7-17-18(2)12(10)15/h3-5,7H,6,15H2,1-2H3,(H,16,19). The minimum absolute atomic E-state index is 0.258. The van der Waals surface area contributed by atoms with Crippen LogP contribution in [0.25, 0.3) is 0 Å². The quantitative estimate of drug-likeness (QED) is 0.877. The van der Waals surface area contributed by atoms with E-state index in [1.54, 1.807) is 32.3 Å². The smallest absolute Gasteiger partial charge is 0.251 e. The van der Waals surface area contributed by atoms with Gasteiger partial charge in [-0.25, -0.2) is 4.39 Å². The molecule has 1 aromatic heterocycles. The van der Waals surface area contributed by atoms with Gasteiger partial charge in [-0.15, -0.1) is 0 Å². The molecule has 2 rings (SSSR count). The van der Waals surface area contributed by atoms with E-state index >= 15 is 0 Å². The second-order valence-corrected chi connectivity index (χ2v) is 4.33. The van der Waals surface area contributed by atoms with Crippen LogP contribution < -0.4 is 11.1 Å². The van der Waals surface area contributed by atoms with Crippen LogP contribution in [0.1, 0.15) is 21.5 Å². The molecule has 0 spiro atoms. The number of halogens is 1. The van der Waals surface area contributed by atoms with Gasteiger partial charge >= 0.3 is 0 Å². The normalized spacial score (nSPS) is 10.5. The molecule has 0 aliphatic carbocycles. The largest absolute Gasteiger partial charge is 0.384 e. The number of nitrogen functional groups attached to an aromatic ring is 1. The Labute approximate surface area is 110 Å². The SMILES string of the molecule is Cc1ccc(C(=O)NCc2cnn(C)c2N)cc1F. The first-order valence-corrected chi connectivity index (χ1v) is 5.79. The zero-order chi connectivity index (χ0) is 14.0. The summed E-state index contributed by atoms with van der Waals surface area (Å²) >= 11 is 0. The first kappa shape index (κ1) is 13.1. The number of nitrogens with two attached hydrogens (primary N) is 1. The van der Waals surface area contributed by atoms with Crippen molar-refractivity contribution in [3.8, 4) is 0 Å². The van der Waals surface area contributed by atoms with Crippen LogP contribution >= 0.6 is 0 Å². The minimum atomic E-state index is -0.395. The van der Waals surface area contributed by atoms with Crippen LogP contribution in [0.4, 0.5) is 10.2 Å². The molecule has 6 heteroatoms. The number of carbonyl (C=O) groups excluding carboxylic acids is 1. The van der Waals surface area contributed by atoms with Gasteiger partial charge in [-0.2, -0.15) is 5.10 Å². The second-order valence-electron chi connectivity index (χ2n) is 4.33. The fraction of sp³-hybridized carbons (Fsp3) is 0.231. The van der Waals surface area contributed by atoms with Gasteiger partial charge in [-0.1, -0.05) is 6.07 Å². The molecule has 1 aromatic carbocycles. The maximum atomic E-state index is 13.4. The summed E-state index contributed by atoms with van der Waals surface area (Å²) in [6.07, 6.45) is 1.59. The highest BCUT2D eigenvalue weighted by Gasteiger charge is 2.10. The lowest BCUT2D eigenvalue weighted by atomic mass is 10.1. The average Bonchev–Trinajstić information content (AvgIpc) is 2.70. The Morgan fingerprint density at radius 3 is 2.84 bits per heavy atom. The molecule has 19 heavy (non-hydrogen) atoms. The van der Waals surface area contributed by atoms with Crippen LogP contribution in [-0.2, 0) is 13.6 Å². The molecule has 0 radical (unpaired) electrons. The van der Waals surface area contributed by atoms with E-state index in [1.807, 2.05) is 0 Å². The molecule has 3 N–H and O–H groups in total. The lowest BCUT2D eigenvalue weighted by Crippen LogP contribution is -2.23. The number of aromatic nitrogens is 2. The highest BCUT2D eigenvalue weighted by molar-refractivity contribution is 5.94. The molecule has 0 bridgehead atoms. The lowest BCUT2D eigenvalue weighted by Gasteiger charge is -2.06. The molecule has 1 amide bonds. The zero-order valence-electron chi connectivity index (χ0n) is 10.8. The van der Waals surface area contributed by atoms with Gasteiger partial charge in [0.2, 0.25) is 0 Å². The minimum Gasteiger partial charge on any atom is -0.384 e.